The Hall–Kier alpha value is -1.87. The van der Waals surface area contributed by atoms with E-state index >= 15 is 0 Å². The Bertz CT molecular complexity index is 592. The lowest BCUT2D eigenvalue weighted by atomic mass is 9.95. The van der Waals surface area contributed by atoms with E-state index in [4.69, 9.17) is 0 Å². The molecule has 3 rings (SSSR count). The number of anilines is 1. The van der Waals surface area contributed by atoms with Crippen molar-refractivity contribution < 1.29 is 4.39 Å². The van der Waals surface area contributed by atoms with Crippen molar-refractivity contribution in [3.8, 4) is 0 Å². The molecule has 20 heavy (non-hydrogen) atoms. The van der Waals surface area contributed by atoms with Crippen molar-refractivity contribution in [1.29, 1.82) is 0 Å². The van der Waals surface area contributed by atoms with Crippen LogP contribution in [-0.2, 0) is 19.5 Å². The van der Waals surface area contributed by atoms with Gasteiger partial charge in [0.2, 0.25) is 0 Å². The highest BCUT2D eigenvalue weighted by Crippen LogP contribution is 2.22. The minimum atomic E-state index is -0.190. The predicted octanol–water partition coefficient (Wildman–Crippen LogP) is 3.11. The number of nitrogens with zero attached hydrogens (tertiary/aromatic N) is 1. The van der Waals surface area contributed by atoms with Crippen LogP contribution in [0.1, 0.15) is 16.7 Å². The number of hydrogen-bond donors (Lipinski definition) is 1. The molecule has 0 bridgehead atoms. The highest BCUT2D eigenvalue weighted by Gasteiger charge is 2.13. The van der Waals surface area contributed by atoms with Crippen molar-refractivity contribution in [2.24, 2.45) is 0 Å². The van der Waals surface area contributed by atoms with E-state index in [0.29, 0.717) is 0 Å². The third-order valence-electron chi connectivity index (χ3n) is 3.91. The summed E-state index contributed by atoms with van der Waals surface area (Å²) in [4.78, 5) is 2.16. The van der Waals surface area contributed by atoms with Crippen LogP contribution in [0.15, 0.2) is 42.5 Å². The van der Waals surface area contributed by atoms with Gasteiger partial charge in [0.1, 0.15) is 5.82 Å². The van der Waals surface area contributed by atoms with Crippen LogP contribution in [0, 0.1) is 5.82 Å². The van der Waals surface area contributed by atoms with E-state index in [-0.39, 0.29) is 5.82 Å². The zero-order valence-corrected chi connectivity index (χ0v) is 11.7. The smallest absolute Gasteiger partial charge is 0.123 e. The molecule has 0 amide bonds. The summed E-state index contributed by atoms with van der Waals surface area (Å²) in [7, 11) is 2.05. The van der Waals surface area contributed by atoms with Crippen molar-refractivity contribution in [3.63, 3.8) is 0 Å². The van der Waals surface area contributed by atoms with Gasteiger partial charge >= 0.3 is 0 Å². The molecule has 2 nitrogen and oxygen atoms in total. The van der Waals surface area contributed by atoms with Crippen molar-refractivity contribution in [1.82, 2.24) is 5.32 Å². The second-order valence-electron chi connectivity index (χ2n) is 5.31. The topological polar surface area (TPSA) is 15.3 Å². The van der Waals surface area contributed by atoms with Gasteiger partial charge in [0, 0.05) is 25.8 Å². The summed E-state index contributed by atoms with van der Waals surface area (Å²) in [6.45, 7) is 2.86. The molecule has 3 heteroatoms. The second kappa shape index (κ2) is 5.63. The summed E-state index contributed by atoms with van der Waals surface area (Å²) in [5.41, 5.74) is 5.29. The summed E-state index contributed by atoms with van der Waals surface area (Å²) in [5.74, 6) is -0.190. The van der Waals surface area contributed by atoms with E-state index in [2.05, 4.69) is 28.4 Å². The molecule has 0 saturated heterocycles. The molecule has 1 heterocycles. The zero-order valence-electron chi connectivity index (χ0n) is 11.7. The van der Waals surface area contributed by atoms with E-state index in [1.54, 1.807) is 0 Å². The number of rotatable bonds is 3. The van der Waals surface area contributed by atoms with Crippen LogP contribution >= 0.6 is 0 Å². The molecule has 0 fully saturated rings. The quantitative estimate of drug-likeness (QED) is 0.922. The first-order valence-corrected chi connectivity index (χ1v) is 7.01. The van der Waals surface area contributed by atoms with E-state index in [0.717, 1.165) is 31.7 Å². The third kappa shape index (κ3) is 2.68. The lowest BCUT2D eigenvalue weighted by Crippen LogP contribution is -2.26. The molecule has 0 saturated carbocycles. The van der Waals surface area contributed by atoms with Crippen LogP contribution in [0.2, 0.25) is 0 Å². The lowest BCUT2D eigenvalue weighted by Gasteiger charge is -2.25. The van der Waals surface area contributed by atoms with E-state index in [9.17, 15) is 4.39 Å². The van der Waals surface area contributed by atoms with Crippen LogP contribution in [0.3, 0.4) is 0 Å². The highest BCUT2D eigenvalue weighted by atomic mass is 19.1. The van der Waals surface area contributed by atoms with Crippen LogP contribution in [0.5, 0.6) is 0 Å². The number of halogens is 1. The monoisotopic (exact) mass is 270 g/mol. The van der Waals surface area contributed by atoms with Crippen LogP contribution in [0.4, 0.5) is 10.1 Å². The maximum atomic E-state index is 13.0. The van der Waals surface area contributed by atoms with Crippen LogP contribution < -0.4 is 10.2 Å². The van der Waals surface area contributed by atoms with Crippen molar-refractivity contribution in [3.05, 3.63) is 65.0 Å². The molecule has 0 unspecified atom stereocenters. The first-order valence-electron chi connectivity index (χ1n) is 7.01. The first-order chi connectivity index (χ1) is 9.74. The molecule has 0 aliphatic carbocycles. The fourth-order valence-corrected chi connectivity index (χ4v) is 2.80. The number of nitrogens with one attached hydrogen (secondary N) is 1. The van der Waals surface area contributed by atoms with Gasteiger partial charge in [-0.25, -0.2) is 4.39 Å². The Morgan fingerprint density at radius 2 is 1.95 bits per heavy atom. The van der Waals surface area contributed by atoms with E-state index in [1.807, 2.05) is 19.2 Å². The van der Waals surface area contributed by atoms with Crippen molar-refractivity contribution >= 4 is 5.69 Å². The Balaban J connectivity index is 1.82. The van der Waals surface area contributed by atoms with Gasteiger partial charge in [-0.3, -0.25) is 0 Å². The van der Waals surface area contributed by atoms with Gasteiger partial charge in [-0.05, 0) is 53.9 Å². The molecule has 0 atom stereocenters. The maximum absolute atomic E-state index is 13.0. The molecule has 1 aliphatic heterocycles. The summed E-state index contributed by atoms with van der Waals surface area (Å²) < 4.78 is 13.0. The SMILES string of the molecule is CN(Cc1cccc2c1CCNC2)c1ccc(F)cc1. The van der Waals surface area contributed by atoms with Gasteiger partial charge in [-0.1, -0.05) is 18.2 Å². The molecule has 1 N–H and O–H groups in total. The molecule has 2 aromatic rings. The fraction of sp³-hybridized carbons (Fsp3) is 0.294. The number of benzene rings is 2. The Morgan fingerprint density at radius 1 is 1.15 bits per heavy atom. The summed E-state index contributed by atoms with van der Waals surface area (Å²) in [5, 5.41) is 3.40. The zero-order chi connectivity index (χ0) is 13.9. The third-order valence-corrected chi connectivity index (χ3v) is 3.91. The number of hydrogen-bond acceptors (Lipinski definition) is 2. The van der Waals surface area contributed by atoms with E-state index in [1.165, 1.54) is 28.8 Å². The van der Waals surface area contributed by atoms with Crippen LogP contribution in [-0.4, -0.2) is 13.6 Å². The summed E-state index contributed by atoms with van der Waals surface area (Å²) in [6, 6.07) is 13.2. The molecule has 2 aromatic carbocycles. The Morgan fingerprint density at radius 3 is 2.75 bits per heavy atom. The lowest BCUT2D eigenvalue weighted by molar-refractivity contribution is 0.627. The molecule has 1 aliphatic rings. The minimum Gasteiger partial charge on any atom is -0.370 e. The largest absolute Gasteiger partial charge is 0.370 e. The molecule has 0 radical (unpaired) electrons. The first kappa shape index (κ1) is 13.1. The average Bonchev–Trinajstić information content (AvgIpc) is 2.48. The van der Waals surface area contributed by atoms with Gasteiger partial charge in [-0.15, -0.1) is 0 Å². The normalized spacial score (nSPS) is 13.9. The van der Waals surface area contributed by atoms with Crippen molar-refractivity contribution in [2.45, 2.75) is 19.5 Å². The summed E-state index contributed by atoms with van der Waals surface area (Å²) >= 11 is 0. The second-order valence-corrected chi connectivity index (χ2v) is 5.31. The van der Waals surface area contributed by atoms with Gasteiger partial charge in [0.25, 0.3) is 0 Å². The molecular weight excluding hydrogens is 251 g/mol. The van der Waals surface area contributed by atoms with Crippen LogP contribution in [0.25, 0.3) is 0 Å². The van der Waals surface area contributed by atoms with Gasteiger partial charge in [-0.2, -0.15) is 0 Å². The molecule has 0 spiro atoms. The van der Waals surface area contributed by atoms with Gasteiger partial charge in [0.15, 0.2) is 0 Å². The molecule has 104 valence electrons. The van der Waals surface area contributed by atoms with Gasteiger partial charge < -0.3 is 10.2 Å². The Kier molecular flexibility index (Phi) is 3.70. The fourth-order valence-electron chi connectivity index (χ4n) is 2.80. The Labute approximate surface area is 119 Å². The standard InChI is InChI=1S/C17H19FN2/c1-20(16-7-5-15(18)6-8-16)12-14-4-2-3-13-11-19-10-9-17(13)14/h2-8,19H,9-12H2,1H3. The summed E-state index contributed by atoms with van der Waals surface area (Å²) in [6.07, 6.45) is 1.09. The predicted molar refractivity (Wildman–Crippen MR) is 80.4 cm³/mol. The molecule has 0 aromatic heterocycles. The van der Waals surface area contributed by atoms with Crippen molar-refractivity contribution in [2.75, 3.05) is 18.5 Å². The number of fused-ring (bicyclic) bond motifs is 1. The average molecular weight is 270 g/mol. The minimum absolute atomic E-state index is 0.190. The maximum Gasteiger partial charge on any atom is 0.123 e. The van der Waals surface area contributed by atoms with E-state index < -0.39 is 0 Å². The molecular formula is C17H19FN2. The van der Waals surface area contributed by atoms with Gasteiger partial charge in [0.05, 0.1) is 0 Å². The highest BCUT2D eigenvalue weighted by molar-refractivity contribution is 5.47.